The Hall–Kier alpha value is -2.08. The molecule has 1 heterocycles. The van der Waals surface area contributed by atoms with Gasteiger partial charge in [0.1, 0.15) is 0 Å². The van der Waals surface area contributed by atoms with Gasteiger partial charge in [-0.1, -0.05) is 58.3 Å². The van der Waals surface area contributed by atoms with E-state index in [0.29, 0.717) is 12.0 Å². The average Bonchev–Trinajstić information content (AvgIpc) is 3.01. The summed E-state index contributed by atoms with van der Waals surface area (Å²) in [5.41, 5.74) is 2.98. The van der Waals surface area contributed by atoms with Gasteiger partial charge in [-0.2, -0.15) is 13.2 Å². The summed E-state index contributed by atoms with van der Waals surface area (Å²) in [5, 5.41) is 4.11. The number of alkyl halides is 3. The second kappa shape index (κ2) is 8.52. The molecule has 3 rings (SSSR count). The third-order valence-electron chi connectivity index (χ3n) is 4.82. The quantitative estimate of drug-likeness (QED) is 0.394. The molecule has 0 amide bonds. The standard InChI is InChI=1S/C22H21BrF3NO/c1-14(6-7-16-4-3-5-18(13-16)22(24,25)26)12-20-15(2)27-28-21(20)17-8-10-19(23)11-9-17/h3-5,8-11,13-14H,6-7,12H2,1-2H3. The van der Waals surface area contributed by atoms with Crippen LogP contribution < -0.4 is 0 Å². The number of halogens is 4. The normalized spacial score (nSPS) is 12.9. The third kappa shape index (κ3) is 5.04. The first kappa shape index (κ1) is 20.6. The maximum Gasteiger partial charge on any atom is 0.416 e. The molecule has 0 radical (unpaired) electrons. The monoisotopic (exact) mass is 451 g/mol. The Morgan fingerprint density at radius 1 is 1.11 bits per heavy atom. The number of benzene rings is 2. The molecule has 0 N–H and O–H groups in total. The molecule has 1 unspecified atom stereocenters. The van der Waals surface area contributed by atoms with Crippen molar-refractivity contribution in [3.8, 4) is 11.3 Å². The predicted molar refractivity (Wildman–Crippen MR) is 107 cm³/mol. The summed E-state index contributed by atoms with van der Waals surface area (Å²) in [5.74, 6) is 1.04. The second-order valence-corrected chi connectivity index (χ2v) is 8.04. The summed E-state index contributed by atoms with van der Waals surface area (Å²) < 4.78 is 45.2. The number of aryl methyl sites for hydroxylation is 2. The van der Waals surface area contributed by atoms with Gasteiger partial charge in [0, 0.05) is 15.6 Å². The molecular weight excluding hydrogens is 431 g/mol. The zero-order valence-corrected chi connectivity index (χ0v) is 17.3. The Kier molecular flexibility index (Phi) is 6.28. The van der Waals surface area contributed by atoms with Gasteiger partial charge in [0.15, 0.2) is 5.76 Å². The minimum atomic E-state index is -4.30. The second-order valence-electron chi connectivity index (χ2n) is 7.13. The van der Waals surface area contributed by atoms with Crippen LogP contribution in [0.15, 0.2) is 57.5 Å². The first-order valence-electron chi connectivity index (χ1n) is 9.11. The molecule has 1 aromatic heterocycles. The van der Waals surface area contributed by atoms with E-state index >= 15 is 0 Å². The Morgan fingerprint density at radius 3 is 2.50 bits per heavy atom. The molecule has 2 nitrogen and oxygen atoms in total. The van der Waals surface area contributed by atoms with Gasteiger partial charge in [0.25, 0.3) is 0 Å². The SMILES string of the molecule is Cc1noc(-c2ccc(Br)cc2)c1CC(C)CCc1cccc(C(F)(F)F)c1. The summed E-state index contributed by atoms with van der Waals surface area (Å²) in [6.07, 6.45) is -2.16. The lowest BCUT2D eigenvalue weighted by Crippen LogP contribution is -2.06. The maximum atomic E-state index is 12.9. The highest BCUT2D eigenvalue weighted by Crippen LogP contribution is 2.32. The fourth-order valence-electron chi connectivity index (χ4n) is 3.22. The van der Waals surface area contributed by atoms with Crippen molar-refractivity contribution in [2.45, 2.75) is 39.3 Å². The van der Waals surface area contributed by atoms with Gasteiger partial charge < -0.3 is 4.52 Å². The number of nitrogens with zero attached hydrogens (tertiary/aromatic N) is 1. The molecule has 6 heteroatoms. The van der Waals surface area contributed by atoms with Crippen molar-refractivity contribution in [3.05, 3.63) is 75.4 Å². The smallest absolute Gasteiger partial charge is 0.356 e. The van der Waals surface area contributed by atoms with Gasteiger partial charge in [0.2, 0.25) is 0 Å². The van der Waals surface area contributed by atoms with Crippen LogP contribution in [0, 0.1) is 12.8 Å². The van der Waals surface area contributed by atoms with Crippen molar-refractivity contribution >= 4 is 15.9 Å². The Morgan fingerprint density at radius 2 is 1.82 bits per heavy atom. The highest BCUT2D eigenvalue weighted by molar-refractivity contribution is 9.10. The Balaban J connectivity index is 1.68. The first-order chi connectivity index (χ1) is 13.2. The summed E-state index contributed by atoms with van der Waals surface area (Å²) in [6.45, 7) is 4.02. The van der Waals surface area contributed by atoms with E-state index in [1.54, 1.807) is 6.07 Å². The molecule has 0 bridgehead atoms. The minimum absolute atomic E-state index is 0.279. The van der Waals surface area contributed by atoms with Crippen molar-refractivity contribution in [3.63, 3.8) is 0 Å². The van der Waals surface area contributed by atoms with Gasteiger partial charge in [-0.15, -0.1) is 0 Å². The molecule has 1 atom stereocenters. The first-order valence-corrected chi connectivity index (χ1v) is 9.90. The van der Waals surface area contributed by atoms with E-state index in [4.69, 9.17) is 4.52 Å². The number of rotatable bonds is 6. The largest absolute Gasteiger partial charge is 0.416 e. The zero-order valence-electron chi connectivity index (χ0n) is 15.7. The average molecular weight is 452 g/mol. The van der Waals surface area contributed by atoms with Gasteiger partial charge >= 0.3 is 6.18 Å². The van der Waals surface area contributed by atoms with Crippen LogP contribution in [0.2, 0.25) is 0 Å². The molecule has 2 aromatic carbocycles. The van der Waals surface area contributed by atoms with Crippen LogP contribution in [0.5, 0.6) is 0 Å². The van der Waals surface area contributed by atoms with Gasteiger partial charge in [-0.25, -0.2) is 0 Å². The van der Waals surface area contributed by atoms with E-state index in [0.717, 1.165) is 46.0 Å². The molecule has 0 saturated carbocycles. The Bertz CT molecular complexity index is 932. The van der Waals surface area contributed by atoms with Gasteiger partial charge in [0.05, 0.1) is 11.3 Å². The van der Waals surface area contributed by atoms with E-state index in [-0.39, 0.29) is 5.92 Å². The van der Waals surface area contributed by atoms with Crippen molar-refractivity contribution in [2.75, 3.05) is 0 Å². The molecule has 3 aromatic rings. The predicted octanol–water partition coefficient (Wildman–Crippen LogP) is 7.24. The highest BCUT2D eigenvalue weighted by atomic mass is 79.9. The Labute approximate surface area is 170 Å². The lowest BCUT2D eigenvalue weighted by molar-refractivity contribution is -0.137. The van der Waals surface area contributed by atoms with Crippen molar-refractivity contribution in [2.24, 2.45) is 5.92 Å². The summed E-state index contributed by atoms with van der Waals surface area (Å²) in [6, 6.07) is 13.4. The topological polar surface area (TPSA) is 26.0 Å². The van der Waals surface area contributed by atoms with Gasteiger partial charge in [-0.3, -0.25) is 0 Å². The number of aromatic nitrogens is 1. The van der Waals surface area contributed by atoms with E-state index < -0.39 is 11.7 Å². The van der Waals surface area contributed by atoms with Crippen LogP contribution in [-0.4, -0.2) is 5.16 Å². The molecule has 0 aliphatic heterocycles. The lowest BCUT2D eigenvalue weighted by atomic mass is 9.92. The fourth-order valence-corrected chi connectivity index (χ4v) is 3.49. The van der Waals surface area contributed by atoms with E-state index in [9.17, 15) is 13.2 Å². The van der Waals surface area contributed by atoms with E-state index in [1.807, 2.05) is 31.2 Å². The summed E-state index contributed by atoms with van der Waals surface area (Å²) in [7, 11) is 0. The van der Waals surface area contributed by atoms with Crippen LogP contribution >= 0.6 is 15.9 Å². The minimum Gasteiger partial charge on any atom is -0.356 e. The molecule has 0 aliphatic rings. The van der Waals surface area contributed by atoms with Crippen LogP contribution in [0.4, 0.5) is 13.2 Å². The van der Waals surface area contributed by atoms with Crippen molar-refractivity contribution in [1.82, 2.24) is 5.16 Å². The number of hydrogen-bond acceptors (Lipinski definition) is 2. The van der Waals surface area contributed by atoms with Crippen LogP contribution in [0.25, 0.3) is 11.3 Å². The van der Waals surface area contributed by atoms with Crippen LogP contribution in [0.3, 0.4) is 0 Å². The third-order valence-corrected chi connectivity index (χ3v) is 5.35. The van der Waals surface area contributed by atoms with Crippen LogP contribution in [0.1, 0.15) is 35.7 Å². The van der Waals surface area contributed by atoms with Crippen molar-refractivity contribution in [1.29, 1.82) is 0 Å². The molecule has 148 valence electrons. The van der Waals surface area contributed by atoms with Crippen LogP contribution in [-0.2, 0) is 19.0 Å². The fraction of sp³-hybridized carbons (Fsp3) is 0.318. The van der Waals surface area contributed by atoms with E-state index in [2.05, 4.69) is 28.0 Å². The summed E-state index contributed by atoms with van der Waals surface area (Å²) in [4.78, 5) is 0. The van der Waals surface area contributed by atoms with E-state index in [1.165, 1.54) is 12.1 Å². The van der Waals surface area contributed by atoms with Crippen molar-refractivity contribution < 1.29 is 17.7 Å². The molecule has 0 fully saturated rings. The van der Waals surface area contributed by atoms with Gasteiger partial charge in [-0.05, 0) is 55.9 Å². The maximum absolute atomic E-state index is 12.9. The lowest BCUT2D eigenvalue weighted by Gasteiger charge is -2.13. The molecule has 28 heavy (non-hydrogen) atoms. The molecule has 0 saturated heterocycles. The zero-order chi connectivity index (χ0) is 20.3. The summed E-state index contributed by atoms with van der Waals surface area (Å²) >= 11 is 3.43. The molecular formula is C22H21BrF3NO. The number of hydrogen-bond donors (Lipinski definition) is 0. The molecule has 0 spiro atoms. The highest BCUT2D eigenvalue weighted by Gasteiger charge is 2.30. The molecule has 0 aliphatic carbocycles.